The van der Waals surface area contributed by atoms with E-state index in [0.717, 1.165) is 5.56 Å². The standard InChI is InChI=1S/C24H18Cl2FN3O2S/c25-17-7-5-15(13-18(17)26)21-8-6-16(32-21)14-22-23(31)28-24(33-22)30-11-9-29(10-12-30)20-4-2-1-3-19(20)27/h1-8,13-14H,9-12H2/b22-14+. The first-order valence-electron chi connectivity index (χ1n) is 10.3. The number of piperazine rings is 1. The van der Waals surface area contributed by atoms with Gasteiger partial charge in [-0.05, 0) is 54.2 Å². The van der Waals surface area contributed by atoms with Crippen LogP contribution in [-0.2, 0) is 4.79 Å². The number of rotatable bonds is 3. The van der Waals surface area contributed by atoms with Crippen molar-refractivity contribution in [2.75, 3.05) is 31.1 Å². The van der Waals surface area contributed by atoms with E-state index in [0.29, 0.717) is 63.5 Å². The second kappa shape index (κ2) is 9.25. The van der Waals surface area contributed by atoms with Gasteiger partial charge in [-0.25, -0.2) is 4.39 Å². The van der Waals surface area contributed by atoms with E-state index in [1.54, 1.807) is 36.4 Å². The van der Waals surface area contributed by atoms with E-state index in [4.69, 9.17) is 27.6 Å². The molecule has 0 unspecified atom stereocenters. The van der Waals surface area contributed by atoms with E-state index in [2.05, 4.69) is 9.89 Å². The lowest BCUT2D eigenvalue weighted by molar-refractivity contribution is -0.113. The molecule has 3 aromatic rings. The second-order valence-corrected chi connectivity index (χ2v) is 9.39. The molecule has 0 N–H and O–H groups in total. The summed E-state index contributed by atoms with van der Waals surface area (Å²) in [5.41, 5.74) is 1.40. The fourth-order valence-corrected chi connectivity index (χ4v) is 4.99. The third kappa shape index (κ3) is 4.67. The van der Waals surface area contributed by atoms with Crippen molar-refractivity contribution >= 4 is 57.8 Å². The van der Waals surface area contributed by atoms with Crippen molar-refractivity contribution in [1.82, 2.24) is 4.90 Å². The van der Waals surface area contributed by atoms with Crippen LogP contribution in [0.4, 0.5) is 10.1 Å². The van der Waals surface area contributed by atoms with Crippen LogP contribution in [-0.4, -0.2) is 42.2 Å². The third-order valence-electron chi connectivity index (χ3n) is 5.46. The summed E-state index contributed by atoms with van der Waals surface area (Å²) in [5.74, 6) is 0.658. The zero-order chi connectivity index (χ0) is 22.9. The Labute approximate surface area is 204 Å². The average Bonchev–Trinajstić information content (AvgIpc) is 3.43. The number of benzene rings is 2. The van der Waals surface area contributed by atoms with Crippen molar-refractivity contribution in [2.24, 2.45) is 4.99 Å². The topological polar surface area (TPSA) is 49.1 Å². The summed E-state index contributed by atoms with van der Waals surface area (Å²) >= 11 is 13.4. The Balaban J connectivity index is 1.24. The van der Waals surface area contributed by atoms with E-state index in [1.807, 2.05) is 23.1 Å². The first kappa shape index (κ1) is 22.1. The number of thioether (sulfide) groups is 1. The average molecular weight is 502 g/mol. The minimum atomic E-state index is -0.293. The number of furan rings is 1. The summed E-state index contributed by atoms with van der Waals surface area (Å²) in [6.45, 7) is 2.61. The van der Waals surface area contributed by atoms with Gasteiger partial charge in [-0.15, -0.1) is 0 Å². The number of halogens is 3. The van der Waals surface area contributed by atoms with Gasteiger partial charge < -0.3 is 14.2 Å². The number of carbonyl (C=O) groups excluding carboxylic acids is 1. The normalized spacial score (nSPS) is 17.7. The number of para-hydroxylation sites is 1. The quantitative estimate of drug-likeness (QED) is 0.400. The van der Waals surface area contributed by atoms with Crippen LogP contribution in [0.15, 0.2) is 68.9 Å². The van der Waals surface area contributed by atoms with Crippen molar-refractivity contribution in [2.45, 2.75) is 0 Å². The van der Waals surface area contributed by atoms with Crippen molar-refractivity contribution in [3.8, 4) is 11.3 Å². The number of nitrogens with zero attached hydrogens (tertiary/aromatic N) is 3. The highest BCUT2D eigenvalue weighted by Crippen LogP contribution is 2.34. The van der Waals surface area contributed by atoms with Gasteiger partial charge in [-0.1, -0.05) is 35.3 Å². The second-order valence-electron chi connectivity index (χ2n) is 7.57. The third-order valence-corrected chi connectivity index (χ3v) is 7.24. The molecule has 1 amide bonds. The van der Waals surface area contributed by atoms with Crippen LogP contribution in [0.5, 0.6) is 0 Å². The predicted octanol–water partition coefficient (Wildman–Crippen LogP) is 6.19. The first-order valence-corrected chi connectivity index (χ1v) is 11.9. The maximum Gasteiger partial charge on any atom is 0.286 e. The molecule has 2 aliphatic heterocycles. The van der Waals surface area contributed by atoms with Crippen LogP contribution in [0.3, 0.4) is 0 Å². The van der Waals surface area contributed by atoms with E-state index >= 15 is 0 Å². The number of anilines is 1. The number of hydrogen-bond donors (Lipinski definition) is 0. The van der Waals surface area contributed by atoms with Crippen LogP contribution < -0.4 is 4.90 Å². The summed E-state index contributed by atoms with van der Waals surface area (Å²) in [6, 6.07) is 15.7. The Bertz CT molecular complexity index is 1280. The molecule has 2 aliphatic rings. The molecular weight excluding hydrogens is 484 g/mol. The molecule has 2 aromatic carbocycles. The van der Waals surface area contributed by atoms with Crippen molar-refractivity contribution in [3.05, 3.63) is 81.1 Å². The highest BCUT2D eigenvalue weighted by Gasteiger charge is 2.29. The fraction of sp³-hybridized carbons (Fsp3) is 0.167. The number of amides is 1. The van der Waals surface area contributed by atoms with Gasteiger partial charge in [0.2, 0.25) is 0 Å². The van der Waals surface area contributed by atoms with Gasteiger partial charge in [0.05, 0.1) is 20.6 Å². The molecule has 1 fully saturated rings. The molecule has 5 nitrogen and oxygen atoms in total. The van der Waals surface area contributed by atoms with Gasteiger partial charge in [0.1, 0.15) is 17.3 Å². The minimum Gasteiger partial charge on any atom is -0.457 e. The van der Waals surface area contributed by atoms with Gasteiger partial charge >= 0.3 is 0 Å². The number of carbonyl (C=O) groups is 1. The van der Waals surface area contributed by atoms with Crippen LogP contribution in [0.2, 0.25) is 10.0 Å². The van der Waals surface area contributed by atoms with Crippen LogP contribution in [0.25, 0.3) is 17.4 Å². The minimum absolute atomic E-state index is 0.224. The van der Waals surface area contributed by atoms with Crippen LogP contribution in [0.1, 0.15) is 5.76 Å². The lowest BCUT2D eigenvalue weighted by atomic mass is 10.2. The Morgan fingerprint density at radius 3 is 2.48 bits per heavy atom. The first-order chi connectivity index (χ1) is 16.0. The zero-order valence-electron chi connectivity index (χ0n) is 17.3. The molecular formula is C24H18Cl2FN3O2S. The molecule has 0 spiro atoms. The largest absolute Gasteiger partial charge is 0.457 e. The lowest BCUT2D eigenvalue weighted by Gasteiger charge is -2.36. The van der Waals surface area contributed by atoms with E-state index in [-0.39, 0.29) is 11.7 Å². The Hall–Kier alpha value is -2.74. The van der Waals surface area contributed by atoms with Crippen molar-refractivity contribution in [3.63, 3.8) is 0 Å². The summed E-state index contributed by atoms with van der Waals surface area (Å²) in [4.78, 5) is 21.3. The molecule has 1 aromatic heterocycles. The molecule has 5 rings (SSSR count). The van der Waals surface area contributed by atoms with Crippen LogP contribution in [0, 0.1) is 5.82 Å². The predicted molar refractivity (Wildman–Crippen MR) is 132 cm³/mol. The molecule has 33 heavy (non-hydrogen) atoms. The van der Waals surface area contributed by atoms with Gasteiger partial charge in [-0.2, -0.15) is 4.99 Å². The SMILES string of the molecule is O=C1N=C(N2CCN(c3ccccc3F)CC2)S/C1=C/c1ccc(-c2ccc(Cl)c(Cl)c2)o1. The molecule has 0 aliphatic carbocycles. The zero-order valence-corrected chi connectivity index (χ0v) is 19.6. The maximum absolute atomic E-state index is 14.1. The van der Waals surface area contributed by atoms with Crippen molar-refractivity contribution in [1.29, 1.82) is 0 Å². The Kier molecular flexibility index (Phi) is 6.19. The van der Waals surface area contributed by atoms with Gasteiger partial charge in [0.15, 0.2) is 5.17 Å². The molecule has 0 saturated carbocycles. The molecule has 168 valence electrons. The number of amidine groups is 1. The number of aliphatic imine (C=N–C) groups is 1. The highest BCUT2D eigenvalue weighted by atomic mass is 35.5. The maximum atomic E-state index is 14.1. The lowest BCUT2D eigenvalue weighted by Crippen LogP contribution is -2.48. The molecule has 1 saturated heterocycles. The molecule has 0 radical (unpaired) electrons. The van der Waals surface area contributed by atoms with E-state index in [1.165, 1.54) is 17.8 Å². The van der Waals surface area contributed by atoms with E-state index < -0.39 is 0 Å². The molecule has 3 heterocycles. The van der Waals surface area contributed by atoms with E-state index in [9.17, 15) is 9.18 Å². The van der Waals surface area contributed by atoms with Gasteiger partial charge in [0, 0.05) is 37.8 Å². The van der Waals surface area contributed by atoms with Gasteiger partial charge in [-0.3, -0.25) is 4.79 Å². The monoisotopic (exact) mass is 501 g/mol. The molecule has 0 atom stereocenters. The van der Waals surface area contributed by atoms with Gasteiger partial charge in [0.25, 0.3) is 5.91 Å². The summed E-state index contributed by atoms with van der Waals surface area (Å²) in [5, 5.41) is 1.58. The Morgan fingerprint density at radius 2 is 1.73 bits per heavy atom. The smallest absolute Gasteiger partial charge is 0.286 e. The Morgan fingerprint density at radius 1 is 0.970 bits per heavy atom. The summed E-state index contributed by atoms with van der Waals surface area (Å²) in [7, 11) is 0. The van der Waals surface area contributed by atoms with Crippen molar-refractivity contribution < 1.29 is 13.6 Å². The number of hydrogen-bond acceptors (Lipinski definition) is 5. The summed E-state index contributed by atoms with van der Waals surface area (Å²) < 4.78 is 20.0. The highest BCUT2D eigenvalue weighted by molar-refractivity contribution is 8.18. The van der Waals surface area contributed by atoms with Crippen LogP contribution >= 0.6 is 35.0 Å². The molecule has 0 bridgehead atoms. The molecule has 9 heteroatoms. The fourth-order valence-electron chi connectivity index (χ4n) is 3.74. The summed E-state index contributed by atoms with van der Waals surface area (Å²) in [6.07, 6.45) is 1.69.